The van der Waals surface area contributed by atoms with Crippen molar-refractivity contribution in [3.8, 4) is 0 Å². The number of rotatable bonds is 4. The maximum Gasteiger partial charge on any atom is 0.349 e. The van der Waals surface area contributed by atoms with Gasteiger partial charge in [0.15, 0.2) is 0 Å². The number of hydrogen-bond acceptors (Lipinski definition) is 3. The lowest BCUT2D eigenvalue weighted by atomic mass is 10.3. The summed E-state index contributed by atoms with van der Waals surface area (Å²) in [5.41, 5.74) is 5.36. The number of hydrogen-bond donors (Lipinski definition) is 2. The van der Waals surface area contributed by atoms with E-state index in [2.05, 4.69) is 0 Å². The highest BCUT2D eigenvalue weighted by atomic mass is 31.2. The summed E-state index contributed by atoms with van der Waals surface area (Å²) in [6.45, 7) is 1.48. The summed E-state index contributed by atoms with van der Waals surface area (Å²) in [5.74, 6) is 0. The van der Waals surface area contributed by atoms with Crippen LogP contribution in [0.5, 0.6) is 0 Å². The zero-order valence-corrected chi connectivity index (χ0v) is 9.63. The van der Waals surface area contributed by atoms with Crippen molar-refractivity contribution in [2.45, 2.75) is 6.92 Å². The number of nitrogens with zero attached hydrogens (tertiary/aromatic N) is 1. The minimum Gasteiger partial charge on any atom is -0.349 e. The Kier molecular flexibility index (Phi) is 4.06. The second-order valence-corrected chi connectivity index (χ2v) is 5.07. The van der Waals surface area contributed by atoms with Gasteiger partial charge in [-0.05, 0) is 12.1 Å². The molecule has 0 heterocycles. The molecule has 7 heteroatoms. The van der Waals surface area contributed by atoms with Gasteiger partial charge in [-0.3, -0.25) is 4.57 Å². The zero-order valence-electron chi connectivity index (χ0n) is 8.74. The molecule has 0 spiro atoms. The van der Waals surface area contributed by atoms with E-state index in [1.807, 2.05) is 0 Å². The Bertz CT molecular complexity index is 409. The van der Waals surface area contributed by atoms with Gasteiger partial charge in [0, 0.05) is 6.16 Å². The molecule has 1 atom stereocenters. The largest absolute Gasteiger partial charge is 0.349 e. The summed E-state index contributed by atoms with van der Waals surface area (Å²) < 4.78 is 16.1. The van der Waals surface area contributed by atoms with Crippen molar-refractivity contribution in [1.82, 2.24) is 0 Å². The van der Waals surface area contributed by atoms with Crippen molar-refractivity contribution >= 4 is 19.3 Å². The van der Waals surface area contributed by atoms with Crippen LogP contribution in [-0.4, -0.2) is 17.1 Å². The average Bonchev–Trinajstić information content (AvgIpc) is 2.27. The van der Waals surface area contributed by atoms with Crippen molar-refractivity contribution in [1.29, 1.82) is 0 Å². The standard InChI is InChI=1S/C9H13N2O4P/c1-2-16(13,14)15-11(9(10)12)8-6-4-3-5-7-8/h3-7H,2H2,1H3,(H2,10,12)(H,13,14). The number of carbonyl (C=O) groups is 1. The third kappa shape index (κ3) is 3.34. The lowest BCUT2D eigenvalue weighted by molar-refractivity contribution is 0.208. The Labute approximate surface area is 93.1 Å². The Balaban J connectivity index is 2.94. The van der Waals surface area contributed by atoms with Gasteiger partial charge in [0.1, 0.15) is 0 Å². The van der Waals surface area contributed by atoms with Crippen LogP contribution in [0.25, 0.3) is 0 Å². The van der Waals surface area contributed by atoms with Gasteiger partial charge in [0.2, 0.25) is 0 Å². The molecule has 0 saturated heterocycles. The van der Waals surface area contributed by atoms with Crippen molar-refractivity contribution in [2.75, 3.05) is 11.2 Å². The molecule has 2 amide bonds. The van der Waals surface area contributed by atoms with E-state index in [4.69, 9.17) is 10.4 Å². The first kappa shape index (κ1) is 12.7. The van der Waals surface area contributed by atoms with Gasteiger partial charge < -0.3 is 10.6 Å². The Hall–Kier alpha value is -1.36. The van der Waals surface area contributed by atoms with Crippen molar-refractivity contribution in [3.05, 3.63) is 30.3 Å². The topological polar surface area (TPSA) is 92.9 Å². The molecular formula is C9H13N2O4P. The molecule has 0 aliphatic heterocycles. The molecule has 0 bridgehead atoms. The molecule has 1 aromatic carbocycles. The number of benzene rings is 1. The summed E-state index contributed by atoms with van der Waals surface area (Å²) in [6.07, 6.45) is -0.108. The monoisotopic (exact) mass is 244 g/mol. The van der Waals surface area contributed by atoms with E-state index in [0.29, 0.717) is 10.8 Å². The van der Waals surface area contributed by atoms with Crippen LogP contribution in [-0.2, 0) is 9.19 Å². The van der Waals surface area contributed by atoms with Crippen LogP contribution in [0.15, 0.2) is 30.3 Å². The smallest absolute Gasteiger partial charge is 0.349 e. The van der Waals surface area contributed by atoms with Crippen LogP contribution < -0.4 is 10.8 Å². The van der Waals surface area contributed by atoms with Crippen LogP contribution in [0.1, 0.15) is 6.92 Å². The fourth-order valence-electron chi connectivity index (χ4n) is 0.963. The highest BCUT2D eigenvalue weighted by Gasteiger charge is 2.25. The highest BCUT2D eigenvalue weighted by Crippen LogP contribution is 2.43. The maximum atomic E-state index is 11.4. The molecule has 0 saturated carbocycles. The summed E-state index contributed by atoms with van der Waals surface area (Å²) in [4.78, 5) is 20.4. The van der Waals surface area contributed by atoms with E-state index < -0.39 is 13.6 Å². The van der Waals surface area contributed by atoms with Gasteiger partial charge in [-0.1, -0.05) is 25.1 Å². The molecule has 6 nitrogen and oxygen atoms in total. The molecule has 1 rings (SSSR count). The van der Waals surface area contributed by atoms with E-state index in [1.165, 1.54) is 6.92 Å². The molecule has 1 unspecified atom stereocenters. The SMILES string of the molecule is CCP(=O)(O)ON(C(N)=O)c1ccccc1. The number of urea groups is 1. The van der Waals surface area contributed by atoms with Gasteiger partial charge in [-0.25, -0.2) is 4.79 Å². The lowest BCUT2D eigenvalue weighted by Gasteiger charge is -2.21. The van der Waals surface area contributed by atoms with Gasteiger partial charge in [0.05, 0.1) is 5.69 Å². The minimum absolute atomic E-state index is 0.108. The number of para-hydroxylation sites is 1. The maximum absolute atomic E-state index is 11.4. The molecular weight excluding hydrogens is 231 g/mol. The Morgan fingerprint density at radius 1 is 1.50 bits per heavy atom. The van der Waals surface area contributed by atoms with Crippen molar-refractivity contribution in [3.63, 3.8) is 0 Å². The van der Waals surface area contributed by atoms with Crippen LogP contribution in [0.3, 0.4) is 0 Å². The summed E-state index contributed by atoms with van der Waals surface area (Å²) in [6, 6.07) is 7.18. The zero-order chi connectivity index (χ0) is 12.2. The molecule has 88 valence electrons. The number of carbonyl (C=O) groups excluding carboxylic acids is 1. The Morgan fingerprint density at radius 2 is 2.06 bits per heavy atom. The molecule has 0 aromatic heterocycles. The number of anilines is 1. The van der Waals surface area contributed by atoms with Crippen molar-refractivity contribution < 1.29 is 18.9 Å². The molecule has 16 heavy (non-hydrogen) atoms. The molecule has 0 fully saturated rings. The second-order valence-electron chi connectivity index (χ2n) is 3.00. The molecule has 0 aliphatic carbocycles. The van der Waals surface area contributed by atoms with Crippen LogP contribution in [0.4, 0.5) is 10.5 Å². The van der Waals surface area contributed by atoms with Crippen LogP contribution >= 0.6 is 7.60 Å². The summed E-state index contributed by atoms with van der Waals surface area (Å²) >= 11 is 0. The summed E-state index contributed by atoms with van der Waals surface area (Å²) in [5, 5.41) is 0.615. The quantitative estimate of drug-likeness (QED) is 0.622. The first-order chi connectivity index (χ1) is 7.46. The van der Waals surface area contributed by atoms with E-state index in [9.17, 15) is 14.3 Å². The third-order valence-electron chi connectivity index (χ3n) is 1.80. The third-order valence-corrected chi connectivity index (χ3v) is 3.02. The van der Waals surface area contributed by atoms with Crippen LogP contribution in [0, 0.1) is 0 Å². The lowest BCUT2D eigenvalue weighted by Crippen LogP contribution is -2.35. The Morgan fingerprint density at radius 3 is 2.50 bits per heavy atom. The molecule has 1 aromatic rings. The van der Waals surface area contributed by atoms with E-state index in [-0.39, 0.29) is 6.16 Å². The summed E-state index contributed by atoms with van der Waals surface area (Å²) in [7, 11) is -3.82. The predicted octanol–water partition coefficient (Wildman–Crippen LogP) is 1.71. The number of nitrogens with two attached hydrogens (primary N) is 1. The number of primary amides is 1. The van der Waals surface area contributed by atoms with Crippen molar-refractivity contribution in [2.24, 2.45) is 5.73 Å². The first-order valence-corrected chi connectivity index (χ1v) is 6.38. The van der Waals surface area contributed by atoms with E-state index in [0.717, 1.165) is 0 Å². The molecule has 3 N–H and O–H groups in total. The predicted molar refractivity (Wildman–Crippen MR) is 60.0 cm³/mol. The van der Waals surface area contributed by atoms with Gasteiger partial charge >= 0.3 is 13.6 Å². The van der Waals surface area contributed by atoms with E-state index in [1.54, 1.807) is 30.3 Å². The van der Waals surface area contributed by atoms with Gasteiger partial charge in [0.25, 0.3) is 0 Å². The average molecular weight is 244 g/mol. The first-order valence-electron chi connectivity index (χ1n) is 4.62. The fourth-order valence-corrected chi connectivity index (χ4v) is 1.51. The number of hydroxylamine groups is 1. The van der Waals surface area contributed by atoms with Crippen LogP contribution in [0.2, 0.25) is 0 Å². The van der Waals surface area contributed by atoms with Gasteiger partial charge in [-0.2, -0.15) is 9.69 Å². The fraction of sp³-hybridized carbons (Fsp3) is 0.222. The second kappa shape index (κ2) is 5.12. The number of amides is 2. The normalized spacial score (nSPS) is 14.1. The molecule has 0 aliphatic rings. The van der Waals surface area contributed by atoms with E-state index >= 15 is 0 Å². The molecule has 0 radical (unpaired) electrons. The minimum atomic E-state index is -3.82. The van der Waals surface area contributed by atoms with Gasteiger partial charge in [-0.15, -0.1) is 0 Å². The highest BCUT2D eigenvalue weighted by molar-refractivity contribution is 7.52.